The van der Waals surface area contributed by atoms with Crippen LogP contribution in [0.3, 0.4) is 0 Å². The molecule has 0 heterocycles. The van der Waals surface area contributed by atoms with Crippen molar-refractivity contribution >= 4 is 29.1 Å². The molecule has 4 rings (SSSR count). The van der Waals surface area contributed by atoms with Crippen LogP contribution in [-0.4, -0.2) is 30.3 Å². The number of hydrogen-bond acceptors (Lipinski definition) is 4. The Balaban J connectivity index is 1.25. The quantitative estimate of drug-likeness (QED) is 0.322. The van der Waals surface area contributed by atoms with Gasteiger partial charge in [0.2, 0.25) is 5.91 Å². The number of amides is 3. The molecule has 0 radical (unpaired) electrons. The molecule has 7 heteroatoms. The molecule has 0 aromatic heterocycles. The van der Waals surface area contributed by atoms with Crippen molar-refractivity contribution < 1.29 is 14.4 Å². The number of benzene rings is 3. The van der Waals surface area contributed by atoms with Gasteiger partial charge in [-0.1, -0.05) is 55.7 Å². The molecule has 0 saturated heterocycles. The summed E-state index contributed by atoms with van der Waals surface area (Å²) in [5.41, 5.74) is 3.40. The summed E-state index contributed by atoms with van der Waals surface area (Å²) in [6.07, 6.45) is 5.63. The van der Waals surface area contributed by atoms with Crippen LogP contribution in [0.25, 0.3) is 0 Å². The maximum absolute atomic E-state index is 12.7. The van der Waals surface area contributed by atoms with Gasteiger partial charge < -0.3 is 21.3 Å². The number of carbonyl (C=O) groups excluding carboxylic acids is 3. The summed E-state index contributed by atoms with van der Waals surface area (Å²) in [5.74, 6) is -0.488. The van der Waals surface area contributed by atoms with Crippen LogP contribution in [0.15, 0.2) is 78.9 Å². The Morgan fingerprint density at radius 1 is 0.784 bits per heavy atom. The van der Waals surface area contributed by atoms with Gasteiger partial charge in [-0.3, -0.25) is 14.4 Å². The van der Waals surface area contributed by atoms with E-state index in [1.165, 1.54) is 6.42 Å². The average molecular weight is 499 g/mol. The van der Waals surface area contributed by atoms with E-state index in [9.17, 15) is 14.4 Å². The van der Waals surface area contributed by atoms with Crippen LogP contribution in [0, 0.1) is 0 Å². The van der Waals surface area contributed by atoms with Gasteiger partial charge >= 0.3 is 0 Å². The van der Waals surface area contributed by atoms with Gasteiger partial charge in [-0.05, 0) is 67.8 Å². The molecule has 0 bridgehead atoms. The molecule has 1 fully saturated rings. The number of anilines is 2. The fourth-order valence-electron chi connectivity index (χ4n) is 4.48. The van der Waals surface area contributed by atoms with Crippen molar-refractivity contribution in [1.29, 1.82) is 0 Å². The van der Waals surface area contributed by atoms with E-state index in [0.717, 1.165) is 31.2 Å². The minimum Gasteiger partial charge on any atom is -0.376 e. The van der Waals surface area contributed by atoms with E-state index in [2.05, 4.69) is 21.3 Å². The molecule has 192 valence electrons. The summed E-state index contributed by atoms with van der Waals surface area (Å²) in [6.45, 7) is 1.98. The average Bonchev–Trinajstić information content (AvgIpc) is 2.93. The van der Waals surface area contributed by atoms with Gasteiger partial charge in [0.1, 0.15) is 0 Å². The summed E-state index contributed by atoms with van der Waals surface area (Å²) >= 11 is 0. The fourth-order valence-corrected chi connectivity index (χ4v) is 4.48. The molecule has 3 aromatic carbocycles. The molecule has 37 heavy (non-hydrogen) atoms. The van der Waals surface area contributed by atoms with E-state index in [4.69, 9.17) is 0 Å². The fraction of sp³-hybridized carbons (Fsp3) is 0.300. The maximum atomic E-state index is 12.7. The summed E-state index contributed by atoms with van der Waals surface area (Å²) in [6, 6.07) is 23.9. The molecular weight excluding hydrogens is 464 g/mol. The largest absolute Gasteiger partial charge is 0.376 e. The first-order valence-corrected chi connectivity index (χ1v) is 12.9. The van der Waals surface area contributed by atoms with Crippen molar-refractivity contribution in [3.63, 3.8) is 0 Å². The van der Waals surface area contributed by atoms with Gasteiger partial charge in [-0.2, -0.15) is 0 Å². The van der Waals surface area contributed by atoms with Gasteiger partial charge in [-0.25, -0.2) is 0 Å². The third kappa shape index (κ3) is 7.67. The first-order chi connectivity index (χ1) is 18.0. The molecule has 4 N–H and O–H groups in total. The molecule has 1 aliphatic carbocycles. The van der Waals surface area contributed by atoms with Crippen LogP contribution >= 0.6 is 0 Å². The summed E-state index contributed by atoms with van der Waals surface area (Å²) in [4.78, 5) is 37.6. The van der Waals surface area contributed by atoms with Gasteiger partial charge in [-0.15, -0.1) is 0 Å². The minimum atomic E-state index is -0.230. The van der Waals surface area contributed by atoms with Crippen molar-refractivity contribution in [3.05, 3.63) is 95.6 Å². The van der Waals surface area contributed by atoms with E-state index in [1.54, 1.807) is 42.5 Å². The molecule has 1 atom stereocenters. The Hall–Kier alpha value is -4.13. The second-order valence-corrected chi connectivity index (χ2v) is 9.47. The van der Waals surface area contributed by atoms with Crippen molar-refractivity contribution in [2.75, 3.05) is 17.2 Å². The lowest BCUT2D eigenvalue weighted by Gasteiger charge is -2.22. The van der Waals surface area contributed by atoms with Crippen molar-refractivity contribution in [1.82, 2.24) is 10.6 Å². The summed E-state index contributed by atoms with van der Waals surface area (Å²) < 4.78 is 0. The third-order valence-corrected chi connectivity index (χ3v) is 6.60. The Morgan fingerprint density at radius 3 is 2.24 bits per heavy atom. The lowest BCUT2D eigenvalue weighted by atomic mass is 9.95. The van der Waals surface area contributed by atoms with Gasteiger partial charge in [0.15, 0.2) is 0 Å². The normalized spacial score (nSPS) is 14.3. The first-order valence-electron chi connectivity index (χ1n) is 12.9. The Morgan fingerprint density at radius 2 is 1.51 bits per heavy atom. The van der Waals surface area contributed by atoms with Crippen molar-refractivity contribution in [2.24, 2.45) is 0 Å². The van der Waals surface area contributed by atoms with Gasteiger partial charge in [0.25, 0.3) is 11.8 Å². The van der Waals surface area contributed by atoms with Crippen LogP contribution < -0.4 is 21.3 Å². The first kappa shape index (κ1) is 25.9. The highest BCUT2D eigenvalue weighted by Gasteiger charge is 2.17. The highest BCUT2D eigenvalue weighted by Crippen LogP contribution is 2.19. The standard InChI is InChI=1S/C30H34N4O3/c1-21(22-9-4-2-5-10-22)32-30(37)24-11-8-14-27(19-24)31-20-28(35)33-26-17-15-23(16-18-26)29(36)34-25-12-6-3-7-13-25/h2,4-5,8-11,14-19,21,25,31H,3,6-7,12-13,20H2,1H3,(H,32,37)(H,33,35)(H,34,36). The molecule has 3 aromatic rings. The highest BCUT2D eigenvalue weighted by atomic mass is 16.2. The van der Waals surface area contributed by atoms with E-state index < -0.39 is 0 Å². The molecule has 1 aliphatic rings. The maximum Gasteiger partial charge on any atom is 0.251 e. The van der Waals surface area contributed by atoms with Crippen LogP contribution in [0.1, 0.15) is 71.3 Å². The molecule has 1 saturated carbocycles. The number of rotatable bonds is 9. The zero-order valence-corrected chi connectivity index (χ0v) is 21.1. The molecule has 0 spiro atoms. The highest BCUT2D eigenvalue weighted by molar-refractivity contribution is 5.97. The second-order valence-electron chi connectivity index (χ2n) is 9.47. The zero-order valence-electron chi connectivity index (χ0n) is 21.1. The van der Waals surface area contributed by atoms with Crippen molar-refractivity contribution in [3.8, 4) is 0 Å². The van der Waals surface area contributed by atoms with E-state index >= 15 is 0 Å². The van der Waals surface area contributed by atoms with Crippen molar-refractivity contribution in [2.45, 2.75) is 51.1 Å². The van der Waals surface area contributed by atoms with Crippen LogP contribution in [0.5, 0.6) is 0 Å². The summed E-state index contributed by atoms with van der Waals surface area (Å²) in [7, 11) is 0. The molecular formula is C30H34N4O3. The molecule has 0 aliphatic heterocycles. The topological polar surface area (TPSA) is 99.3 Å². The van der Waals surface area contributed by atoms with Gasteiger partial charge in [0.05, 0.1) is 12.6 Å². The van der Waals surface area contributed by atoms with Crippen LogP contribution in [0.4, 0.5) is 11.4 Å². The number of hydrogen-bond donors (Lipinski definition) is 4. The van der Waals surface area contributed by atoms with E-state index in [0.29, 0.717) is 22.5 Å². The molecule has 3 amide bonds. The van der Waals surface area contributed by atoms with Crippen LogP contribution in [0.2, 0.25) is 0 Å². The summed E-state index contributed by atoms with van der Waals surface area (Å²) in [5, 5.41) is 12.0. The third-order valence-electron chi connectivity index (χ3n) is 6.60. The predicted octanol–water partition coefficient (Wildman–Crippen LogP) is 5.29. The Labute approximate surface area is 218 Å². The number of nitrogens with one attached hydrogen (secondary N) is 4. The van der Waals surface area contributed by atoms with E-state index in [1.807, 2.05) is 43.3 Å². The molecule has 1 unspecified atom stereocenters. The van der Waals surface area contributed by atoms with Gasteiger partial charge in [0, 0.05) is 28.5 Å². The smallest absolute Gasteiger partial charge is 0.251 e. The van der Waals surface area contributed by atoms with Crippen LogP contribution in [-0.2, 0) is 4.79 Å². The Kier molecular flexibility index (Phi) is 8.92. The monoisotopic (exact) mass is 498 g/mol. The Bertz CT molecular complexity index is 1210. The SMILES string of the molecule is CC(NC(=O)c1cccc(NCC(=O)Nc2ccc(C(=O)NC3CCCCC3)cc2)c1)c1ccccc1. The second kappa shape index (κ2) is 12.7. The zero-order chi connectivity index (χ0) is 26.0. The lowest BCUT2D eigenvalue weighted by Crippen LogP contribution is -2.36. The number of carbonyl (C=O) groups is 3. The molecule has 7 nitrogen and oxygen atoms in total. The van der Waals surface area contributed by atoms with E-state index in [-0.39, 0.29) is 36.3 Å². The predicted molar refractivity (Wildman–Crippen MR) is 147 cm³/mol. The lowest BCUT2D eigenvalue weighted by molar-refractivity contribution is -0.114. The minimum absolute atomic E-state index is 0.0371.